The molecule has 34 heavy (non-hydrogen) atoms. The Balaban J connectivity index is 1.55. The number of hydrogen-bond acceptors (Lipinski definition) is 7. The number of carbonyl (C=O) groups is 2. The van der Waals surface area contributed by atoms with Crippen molar-refractivity contribution in [1.29, 1.82) is 0 Å². The van der Waals surface area contributed by atoms with Crippen molar-refractivity contribution in [3.63, 3.8) is 0 Å². The van der Waals surface area contributed by atoms with E-state index in [2.05, 4.69) is 22.3 Å². The Labute approximate surface area is 203 Å². The van der Waals surface area contributed by atoms with Gasteiger partial charge in [0, 0.05) is 24.5 Å². The molecule has 0 saturated heterocycles. The Morgan fingerprint density at radius 2 is 1.74 bits per heavy atom. The van der Waals surface area contributed by atoms with Crippen molar-refractivity contribution in [1.82, 2.24) is 4.90 Å². The fourth-order valence-corrected chi connectivity index (χ4v) is 6.44. The molecule has 0 saturated carbocycles. The van der Waals surface area contributed by atoms with E-state index in [1.54, 1.807) is 25.1 Å². The van der Waals surface area contributed by atoms with Crippen LogP contribution in [0.15, 0.2) is 65.6 Å². The van der Waals surface area contributed by atoms with Gasteiger partial charge >= 0.3 is 5.97 Å². The molecule has 1 aliphatic rings. The van der Waals surface area contributed by atoms with Gasteiger partial charge in [-0.3, -0.25) is 9.69 Å². The third kappa shape index (κ3) is 5.55. The minimum atomic E-state index is -3.80. The second kappa shape index (κ2) is 10.5. The van der Waals surface area contributed by atoms with Gasteiger partial charge in [-0.05, 0) is 36.6 Å². The van der Waals surface area contributed by atoms with Gasteiger partial charge in [-0.1, -0.05) is 48.5 Å². The van der Waals surface area contributed by atoms with E-state index in [1.165, 1.54) is 29.0 Å². The summed E-state index contributed by atoms with van der Waals surface area (Å²) in [7, 11) is -3.80. The maximum atomic E-state index is 12.8. The number of benzene rings is 2. The van der Waals surface area contributed by atoms with Crippen LogP contribution >= 0.6 is 11.3 Å². The summed E-state index contributed by atoms with van der Waals surface area (Å²) in [5, 5.41) is 3.02. The van der Waals surface area contributed by atoms with Crippen LogP contribution < -0.4 is 5.32 Å². The summed E-state index contributed by atoms with van der Waals surface area (Å²) in [6.07, 6.45) is 0.644. The fourth-order valence-electron chi connectivity index (χ4n) is 3.99. The normalized spacial score (nSPS) is 13.8. The standard InChI is InChI=1S/C25H26N2O5S2/c1-2-32-25(29)23-20-13-14-27(15-18-9-5-3-6-10-18)16-21(20)33-24(23)26-22(28)17-34(30,31)19-11-7-4-8-12-19/h3-12H,2,13-17H2,1H3,(H,26,28). The Morgan fingerprint density at radius 3 is 2.41 bits per heavy atom. The van der Waals surface area contributed by atoms with Gasteiger partial charge in [0.15, 0.2) is 9.84 Å². The van der Waals surface area contributed by atoms with Gasteiger partial charge in [0.25, 0.3) is 0 Å². The van der Waals surface area contributed by atoms with Crippen molar-refractivity contribution in [3.8, 4) is 0 Å². The van der Waals surface area contributed by atoms with E-state index >= 15 is 0 Å². The van der Waals surface area contributed by atoms with Crippen molar-refractivity contribution in [2.45, 2.75) is 31.3 Å². The van der Waals surface area contributed by atoms with Crippen LogP contribution in [0.1, 0.15) is 33.3 Å². The van der Waals surface area contributed by atoms with Gasteiger partial charge in [-0.25, -0.2) is 13.2 Å². The first-order valence-corrected chi connectivity index (χ1v) is 13.5. The largest absolute Gasteiger partial charge is 0.462 e. The molecule has 1 amide bonds. The minimum absolute atomic E-state index is 0.0813. The molecule has 2 aromatic carbocycles. The summed E-state index contributed by atoms with van der Waals surface area (Å²) in [6, 6.07) is 18.0. The average Bonchev–Trinajstić information content (AvgIpc) is 3.17. The van der Waals surface area contributed by atoms with E-state index in [1.807, 2.05) is 18.2 Å². The number of anilines is 1. The van der Waals surface area contributed by atoms with Gasteiger partial charge in [-0.2, -0.15) is 0 Å². The molecule has 1 N–H and O–H groups in total. The second-order valence-corrected chi connectivity index (χ2v) is 11.1. The Morgan fingerprint density at radius 1 is 1.06 bits per heavy atom. The number of fused-ring (bicyclic) bond motifs is 1. The summed E-state index contributed by atoms with van der Waals surface area (Å²) in [6.45, 7) is 4.12. The van der Waals surface area contributed by atoms with Gasteiger partial charge in [0.05, 0.1) is 17.1 Å². The molecule has 1 aromatic heterocycles. The lowest BCUT2D eigenvalue weighted by atomic mass is 10.0. The monoisotopic (exact) mass is 498 g/mol. The van der Waals surface area contributed by atoms with Crippen molar-refractivity contribution in [2.24, 2.45) is 0 Å². The zero-order valence-corrected chi connectivity index (χ0v) is 20.5. The summed E-state index contributed by atoms with van der Waals surface area (Å²) in [5.74, 6) is -1.89. The van der Waals surface area contributed by atoms with E-state index in [-0.39, 0.29) is 11.5 Å². The van der Waals surface area contributed by atoms with Gasteiger partial charge in [0.1, 0.15) is 10.8 Å². The molecule has 7 nitrogen and oxygen atoms in total. The first kappa shape index (κ1) is 24.1. The van der Waals surface area contributed by atoms with Crippen LogP contribution in [0.3, 0.4) is 0 Å². The predicted molar refractivity (Wildman–Crippen MR) is 132 cm³/mol. The second-order valence-electron chi connectivity index (χ2n) is 7.99. The van der Waals surface area contributed by atoms with Crippen LogP contribution in [0.5, 0.6) is 0 Å². The summed E-state index contributed by atoms with van der Waals surface area (Å²) < 4.78 is 30.5. The number of nitrogens with zero attached hydrogens (tertiary/aromatic N) is 1. The number of ether oxygens (including phenoxy) is 1. The lowest BCUT2D eigenvalue weighted by molar-refractivity contribution is -0.113. The Kier molecular flexibility index (Phi) is 7.45. The van der Waals surface area contributed by atoms with Gasteiger partial charge < -0.3 is 10.1 Å². The molecule has 0 bridgehead atoms. The van der Waals surface area contributed by atoms with Crippen LogP contribution in [0.4, 0.5) is 5.00 Å². The third-order valence-corrected chi connectivity index (χ3v) is 8.31. The maximum Gasteiger partial charge on any atom is 0.341 e. The average molecular weight is 499 g/mol. The number of nitrogens with one attached hydrogen (secondary N) is 1. The van der Waals surface area contributed by atoms with Gasteiger partial charge in [0.2, 0.25) is 5.91 Å². The van der Waals surface area contributed by atoms with E-state index in [0.717, 1.165) is 23.5 Å². The first-order valence-electron chi connectivity index (χ1n) is 11.0. The van der Waals surface area contributed by atoms with Crippen LogP contribution in [-0.2, 0) is 38.9 Å². The van der Waals surface area contributed by atoms with Crippen LogP contribution in [0, 0.1) is 0 Å². The molecule has 4 rings (SSSR count). The van der Waals surface area contributed by atoms with Crippen LogP contribution in [-0.4, -0.2) is 44.1 Å². The highest BCUT2D eigenvalue weighted by Gasteiger charge is 2.30. The van der Waals surface area contributed by atoms with Gasteiger partial charge in [-0.15, -0.1) is 11.3 Å². The number of sulfone groups is 1. The van der Waals surface area contributed by atoms with E-state index in [0.29, 0.717) is 23.5 Å². The van der Waals surface area contributed by atoms with Crippen molar-refractivity contribution < 1.29 is 22.7 Å². The number of thiophene rings is 1. The summed E-state index contributed by atoms with van der Waals surface area (Å²) >= 11 is 1.31. The molecule has 2 heterocycles. The smallest absolute Gasteiger partial charge is 0.341 e. The molecular weight excluding hydrogens is 472 g/mol. The number of hydrogen-bond donors (Lipinski definition) is 1. The predicted octanol–water partition coefficient (Wildman–Crippen LogP) is 3.90. The highest BCUT2D eigenvalue weighted by atomic mass is 32.2. The molecule has 1 aliphatic heterocycles. The molecular formula is C25H26N2O5S2. The zero-order valence-electron chi connectivity index (χ0n) is 18.8. The van der Waals surface area contributed by atoms with Crippen molar-refractivity contribution in [2.75, 3.05) is 24.2 Å². The third-order valence-electron chi connectivity index (χ3n) is 5.54. The minimum Gasteiger partial charge on any atom is -0.462 e. The molecule has 0 atom stereocenters. The van der Waals surface area contributed by atoms with E-state index in [4.69, 9.17) is 4.74 Å². The highest BCUT2D eigenvalue weighted by molar-refractivity contribution is 7.92. The number of amides is 1. The lowest BCUT2D eigenvalue weighted by Gasteiger charge is -2.27. The Hall–Kier alpha value is -3.01. The SMILES string of the molecule is CCOC(=O)c1c(NC(=O)CS(=O)(=O)c2ccccc2)sc2c1CCN(Cc1ccccc1)C2. The molecule has 3 aromatic rings. The Bertz CT molecular complexity index is 1270. The molecule has 178 valence electrons. The number of rotatable bonds is 8. The molecule has 0 radical (unpaired) electrons. The molecule has 0 unspecified atom stereocenters. The molecule has 0 aliphatic carbocycles. The highest BCUT2D eigenvalue weighted by Crippen LogP contribution is 2.38. The maximum absolute atomic E-state index is 12.8. The summed E-state index contributed by atoms with van der Waals surface area (Å²) in [4.78, 5) is 28.8. The first-order chi connectivity index (χ1) is 16.4. The lowest BCUT2D eigenvalue weighted by Crippen LogP contribution is -2.30. The van der Waals surface area contributed by atoms with E-state index < -0.39 is 27.5 Å². The zero-order chi connectivity index (χ0) is 24.1. The topological polar surface area (TPSA) is 92.8 Å². The van der Waals surface area contributed by atoms with E-state index in [9.17, 15) is 18.0 Å². The number of esters is 1. The molecule has 9 heteroatoms. The molecule has 0 fully saturated rings. The van der Waals surface area contributed by atoms with Crippen LogP contribution in [0.2, 0.25) is 0 Å². The van der Waals surface area contributed by atoms with Crippen molar-refractivity contribution >= 4 is 38.1 Å². The van der Waals surface area contributed by atoms with Crippen LogP contribution in [0.25, 0.3) is 0 Å². The summed E-state index contributed by atoms with van der Waals surface area (Å²) in [5.41, 5.74) is 2.41. The van der Waals surface area contributed by atoms with Crippen molar-refractivity contribution in [3.05, 3.63) is 82.2 Å². The molecule has 0 spiro atoms. The fraction of sp³-hybridized carbons (Fsp3) is 0.280. The quantitative estimate of drug-likeness (QED) is 0.474. The number of carbonyl (C=O) groups excluding carboxylic acids is 2.